The van der Waals surface area contributed by atoms with Crippen molar-refractivity contribution in [1.82, 2.24) is 0 Å². The van der Waals surface area contributed by atoms with Gasteiger partial charge in [0.05, 0.1) is 19.8 Å². The van der Waals surface area contributed by atoms with E-state index in [0.717, 1.165) is 15.9 Å². The standard InChI is InChI=1S/C25H28O4P.BrH/c1-27-17-18-28-19-20-29-25(26)21-30(22-11-5-2-6-12-22,23-13-7-3-8-14-23)24-15-9-4-10-16-24;/h2-16H,17-21H2,1H3;1H/q+1;/p-1. The van der Waals surface area contributed by atoms with Crippen LogP contribution >= 0.6 is 7.26 Å². The van der Waals surface area contributed by atoms with Gasteiger partial charge in [0.15, 0.2) is 6.16 Å². The van der Waals surface area contributed by atoms with E-state index >= 15 is 0 Å². The molecule has 0 aliphatic rings. The van der Waals surface area contributed by atoms with E-state index in [2.05, 4.69) is 36.4 Å². The molecule has 0 amide bonds. The van der Waals surface area contributed by atoms with Gasteiger partial charge in [-0.15, -0.1) is 0 Å². The highest BCUT2D eigenvalue weighted by Gasteiger charge is 2.47. The first-order valence-electron chi connectivity index (χ1n) is 10.0. The van der Waals surface area contributed by atoms with E-state index in [1.807, 2.05) is 54.6 Å². The van der Waals surface area contributed by atoms with E-state index in [9.17, 15) is 4.79 Å². The molecule has 0 N–H and O–H groups in total. The second-order valence-electron chi connectivity index (χ2n) is 6.80. The van der Waals surface area contributed by atoms with Crippen molar-refractivity contribution >= 4 is 29.1 Å². The topological polar surface area (TPSA) is 44.8 Å². The van der Waals surface area contributed by atoms with E-state index in [1.165, 1.54) is 0 Å². The number of benzene rings is 3. The fourth-order valence-electron chi connectivity index (χ4n) is 3.47. The Bertz CT molecular complexity index is 795. The molecule has 3 aromatic carbocycles. The maximum absolute atomic E-state index is 13.0. The van der Waals surface area contributed by atoms with Gasteiger partial charge >= 0.3 is 5.97 Å². The molecule has 3 aromatic rings. The van der Waals surface area contributed by atoms with Gasteiger partial charge in [0.2, 0.25) is 0 Å². The maximum atomic E-state index is 13.0. The van der Waals surface area contributed by atoms with Crippen LogP contribution in [-0.2, 0) is 19.0 Å². The SMILES string of the molecule is COCCOCCOC(=O)C[P+](c1ccccc1)(c1ccccc1)c1ccccc1.[Br-]. The largest absolute Gasteiger partial charge is 1.00 e. The van der Waals surface area contributed by atoms with Crippen molar-refractivity contribution in [2.24, 2.45) is 0 Å². The highest BCUT2D eigenvalue weighted by atomic mass is 79.9. The predicted molar refractivity (Wildman–Crippen MR) is 124 cm³/mol. The zero-order valence-electron chi connectivity index (χ0n) is 17.7. The van der Waals surface area contributed by atoms with Gasteiger partial charge in [0.1, 0.15) is 29.8 Å². The molecule has 0 radical (unpaired) electrons. The van der Waals surface area contributed by atoms with Gasteiger partial charge in [-0.05, 0) is 36.4 Å². The van der Waals surface area contributed by atoms with Crippen molar-refractivity contribution in [3.63, 3.8) is 0 Å². The highest BCUT2D eigenvalue weighted by Crippen LogP contribution is 2.55. The number of methoxy groups -OCH3 is 1. The Morgan fingerprint density at radius 1 is 0.677 bits per heavy atom. The van der Waals surface area contributed by atoms with E-state index in [-0.39, 0.29) is 29.6 Å². The minimum Gasteiger partial charge on any atom is -1.00 e. The molecular weight excluding hydrogens is 475 g/mol. The summed E-state index contributed by atoms with van der Waals surface area (Å²) in [5.74, 6) is -0.213. The summed E-state index contributed by atoms with van der Waals surface area (Å²) in [7, 11) is -0.583. The van der Waals surface area contributed by atoms with Crippen LogP contribution in [0.1, 0.15) is 0 Å². The third-order valence-electron chi connectivity index (χ3n) is 4.88. The molecule has 0 aliphatic heterocycles. The van der Waals surface area contributed by atoms with Gasteiger partial charge in [0.25, 0.3) is 0 Å². The third-order valence-corrected chi connectivity index (χ3v) is 9.15. The number of esters is 1. The molecular formula is C25H28BrO4P. The molecule has 0 aliphatic carbocycles. The average Bonchev–Trinajstić information content (AvgIpc) is 2.81. The molecule has 0 heterocycles. The van der Waals surface area contributed by atoms with Crippen LogP contribution in [0.2, 0.25) is 0 Å². The molecule has 0 bridgehead atoms. The molecule has 0 unspecified atom stereocenters. The summed E-state index contributed by atoms with van der Waals surface area (Å²) in [4.78, 5) is 13.0. The van der Waals surface area contributed by atoms with E-state index in [1.54, 1.807) is 7.11 Å². The van der Waals surface area contributed by atoms with E-state index in [4.69, 9.17) is 14.2 Å². The Balaban J connectivity index is 0.00000341. The molecule has 6 heteroatoms. The lowest BCUT2D eigenvalue weighted by atomic mass is 10.4. The van der Waals surface area contributed by atoms with Crippen molar-refractivity contribution in [3.05, 3.63) is 91.0 Å². The number of ether oxygens (including phenoxy) is 3. The summed E-state index contributed by atoms with van der Waals surface area (Å²) >= 11 is 0. The van der Waals surface area contributed by atoms with Gasteiger partial charge in [-0.2, -0.15) is 0 Å². The number of carbonyl (C=O) groups excluding carboxylic acids is 1. The fourth-order valence-corrected chi connectivity index (χ4v) is 7.43. The Labute approximate surface area is 195 Å². The fraction of sp³-hybridized carbons (Fsp3) is 0.240. The number of halogens is 1. The second-order valence-corrected chi connectivity index (χ2v) is 10.3. The Morgan fingerprint density at radius 2 is 1.10 bits per heavy atom. The lowest BCUT2D eigenvalue weighted by Crippen LogP contribution is -3.00. The smallest absolute Gasteiger partial charge is 0.345 e. The van der Waals surface area contributed by atoms with Crippen LogP contribution in [0.25, 0.3) is 0 Å². The van der Waals surface area contributed by atoms with E-state index < -0.39 is 7.26 Å². The molecule has 0 spiro atoms. The van der Waals surface area contributed by atoms with Crippen LogP contribution in [0.3, 0.4) is 0 Å². The van der Waals surface area contributed by atoms with Gasteiger partial charge < -0.3 is 31.2 Å². The first-order chi connectivity index (χ1) is 14.8. The summed E-state index contributed by atoms with van der Waals surface area (Å²) in [6, 6.07) is 30.9. The Kier molecular flexibility index (Phi) is 10.9. The number of rotatable bonds is 11. The quantitative estimate of drug-likeness (QED) is 0.213. The minimum absolute atomic E-state index is 0. The molecule has 0 saturated heterocycles. The van der Waals surface area contributed by atoms with Crippen molar-refractivity contribution in [1.29, 1.82) is 0 Å². The zero-order chi connectivity index (χ0) is 21.1. The van der Waals surface area contributed by atoms with Crippen LogP contribution in [0.4, 0.5) is 0 Å². The molecule has 31 heavy (non-hydrogen) atoms. The van der Waals surface area contributed by atoms with Gasteiger partial charge in [0, 0.05) is 7.11 Å². The van der Waals surface area contributed by atoms with Crippen molar-refractivity contribution in [2.45, 2.75) is 0 Å². The zero-order valence-corrected chi connectivity index (χ0v) is 20.1. The molecule has 3 rings (SSSR count). The molecule has 0 saturated carbocycles. The van der Waals surface area contributed by atoms with Crippen LogP contribution in [0, 0.1) is 0 Å². The van der Waals surface area contributed by atoms with Gasteiger partial charge in [-0.3, -0.25) is 0 Å². The lowest BCUT2D eigenvalue weighted by Gasteiger charge is -2.26. The van der Waals surface area contributed by atoms with Crippen molar-refractivity contribution < 1.29 is 36.0 Å². The van der Waals surface area contributed by atoms with Crippen LogP contribution in [-0.4, -0.2) is 45.7 Å². The monoisotopic (exact) mass is 502 g/mol. The summed E-state index contributed by atoms with van der Waals surface area (Å²) in [5.41, 5.74) is 0. The lowest BCUT2D eigenvalue weighted by molar-refractivity contribution is -0.142. The number of hydrogen-bond donors (Lipinski definition) is 0. The Morgan fingerprint density at radius 3 is 1.52 bits per heavy atom. The first-order valence-corrected chi connectivity index (χ1v) is 12.0. The van der Waals surface area contributed by atoms with Crippen LogP contribution in [0.5, 0.6) is 0 Å². The summed E-state index contributed by atoms with van der Waals surface area (Å²) in [5, 5.41) is 3.49. The second kappa shape index (κ2) is 13.4. The van der Waals surface area contributed by atoms with Crippen molar-refractivity contribution in [2.75, 3.05) is 39.7 Å². The highest BCUT2D eigenvalue weighted by molar-refractivity contribution is 7.96. The maximum Gasteiger partial charge on any atom is 0.345 e. The Hall–Kier alpha value is -2.04. The molecule has 4 nitrogen and oxygen atoms in total. The van der Waals surface area contributed by atoms with Crippen LogP contribution < -0.4 is 32.9 Å². The van der Waals surface area contributed by atoms with Gasteiger partial charge in [-0.25, -0.2) is 4.79 Å². The number of carbonyl (C=O) groups is 1. The minimum atomic E-state index is -2.21. The first kappa shape index (κ1) is 25.2. The summed E-state index contributed by atoms with van der Waals surface area (Å²) in [6.07, 6.45) is 0.309. The molecule has 0 aromatic heterocycles. The third kappa shape index (κ3) is 6.72. The average molecular weight is 503 g/mol. The van der Waals surface area contributed by atoms with Crippen molar-refractivity contribution in [3.8, 4) is 0 Å². The summed E-state index contributed by atoms with van der Waals surface area (Å²) in [6.45, 7) is 1.62. The molecule has 0 fully saturated rings. The molecule has 0 atom stereocenters. The number of hydrogen-bond acceptors (Lipinski definition) is 4. The van der Waals surface area contributed by atoms with E-state index in [0.29, 0.717) is 26.0 Å². The van der Waals surface area contributed by atoms with Gasteiger partial charge in [-0.1, -0.05) is 54.6 Å². The molecule has 164 valence electrons. The van der Waals surface area contributed by atoms with Crippen LogP contribution in [0.15, 0.2) is 91.0 Å². The predicted octanol–water partition coefficient (Wildman–Crippen LogP) is 0.191. The normalized spacial score (nSPS) is 10.9. The summed E-state index contributed by atoms with van der Waals surface area (Å²) < 4.78 is 15.9.